The predicted octanol–water partition coefficient (Wildman–Crippen LogP) is 2.78. The molecule has 158 valence electrons. The highest BCUT2D eigenvalue weighted by Gasteiger charge is 2.22. The molecule has 2 saturated heterocycles. The van der Waals surface area contributed by atoms with Gasteiger partial charge in [0.1, 0.15) is 10.1 Å². The van der Waals surface area contributed by atoms with Crippen LogP contribution in [0.5, 0.6) is 0 Å². The number of anilines is 1. The van der Waals surface area contributed by atoms with E-state index in [1.165, 1.54) is 17.8 Å². The van der Waals surface area contributed by atoms with E-state index in [-0.39, 0.29) is 11.7 Å². The maximum Gasteiger partial charge on any atom is 0.263 e. The summed E-state index contributed by atoms with van der Waals surface area (Å²) < 4.78 is 17.1. The van der Waals surface area contributed by atoms with Gasteiger partial charge in [-0.15, -0.1) is 0 Å². The van der Waals surface area contributed by atoms with Crippen LogP contribution in [0.25, 0.3) is 23.0 Å². The lowest BCUT2D eigenvalue weighted by Gasteiger charge is -2.34. The highest BCUT2D eigenvalue weighted by Crippen LogP contribution is 2.29. The fraction of sp³-hybridized carbons (Fsp3) is 0.238. The molecule has 1 N–H and O–H groups in total. The lowest BCUT2D eigenvalue weighted by molar-refractivity contribution is -0.115. The third kappa shape index (κ3) is 3.93. The van der Waals surface area contributed by atoms with Gasteiger partial charge in [0.15, 0.2) is 5.65 Å². The van der Waals surface area contributed by atoms with Crippen molar-refractivity contribution in [1.29, 1.82) is 0 Å². The summed E-state index contributed by atoms with van der Waals surface area (Å²) in [6.07, 6.45) is 3.36. The van der Waals surface area contributed by atoms with Crippen molar-refractivity contribution in [2.45, 2.75) is 0 Å². The van der Waals surface area contributed by atoms with Crippen molar-refractivity contribution in [2.75, 3.05) is 38.1 Å². The smallest absolute Gasteiger partial charge is 0.263 e. The van der Waals surface area contributed by atoms with E-state index in [0.717, 1.165) is 26.2 Å². The fourth-order valence-electron chi connectivity index (χ4n) is 3.69. The van der Waals surface area contributed by atoms with Crippen LogP contribution in [0.4, 0.5) is 10.1 Å². The van der Waals surface area contributed by atoms with Crippen LogP contribution in [-0.4, -0.2) is 63.0 Å². The standard InChI is InChI=1S/C21H19FN6OS2/c1-26-6-8-27(9-7-26)16-4-2-13(10-15(16)22)17-12-23-19-5-3-14(25-28(17)19)11-18-20(29)24-21(30)31-18/h2-5,10-12H,6-9H2,1H3,(H,24,29,30). The van der Waals surface area contributed by atoms with Crippen molar-refractivity contribution in [1.82, 2.24) is 24.8 Å². The van der Waals surface area contributed by atoms with Crippen LogP contribution >= 0.6 is 24.0 Å². The fourth-order valence-corrected chi connectivity index (χ4v) is 4.72. The van der Waals surface area contributed by atoms with Gasteiger partial charge in [-0.2, -0.15) is 5.10 Å². The zero-order chi connectivity index (χ0) is 21.5. The van der Waals surface area contributed by atoms with Gasteiger partial charge in [0.05, 0.1) is 28.2 Å². The van der Waals surface area contributed by atoms with Crippen LogP contribution in [0.1, 0.15) is 5.69 Å². The molecule has 10 heteroatoms. The molecule has 1 amide bonds. The topological polar surface area (TPSA) is 65.8 Å². The molecule has 0 radical (unpaired) electrons. The van der Waals surface area contributed by atoms with Crippen molar-refractivity contribution >= 4 is 51.6 Å². The predicted molar refractivity (Wildman–Crippen MR) is 124 cm³/mol. The number of thioether (sulfide) groups is 1. The highest BCUT2D eigenvalue weighted by atomic mass is 32.2. The maximum atomic E-state index is 15.0. The van der Waals surface area contributed by atoms with E-state index >= 15 is 0 Å². The minimum absolute atomic E-state index is 0.232. The number of carbonyl (C=O) groups excluding carboxylic acids is 1. The minimum atomic E-state index is -0.261. The summed E-state index contributed by atoms with van der Waals surface area (Å²) in [5, 5.41) is 7.18. The molecule has 2 aliphatic rings. The van der Waals surface area contributed by atoms with Gasteiger partial charge in [0.25, 0.3) is 5.91 Å². The number of fused-ring (bicyclic) bond motifs is 1. The summed E-state index contributed by atoms with van der Waals surface area (Å²) in [7, 11) is 2.07. The van der Waals surface area contributed by atoms with E-state index in [4.69, 9.17) is 12.2 Å². The zero-order valence-electron chi connectivity index (χ0n) is 16.7. The molecule has 2 aliphatic heterocycles. The molecule has 0 aliphatic carbocycles. The Morgan fingerprint density at radius 3 is 2.71 bits per heavy atom. The Balaban J connectivity index is 1.47. The van der Waals surface area contributed by atoms with Crippen molar-refractivity contribution < 1.29 is 9.18 Å². The van der Waals surface area contributed by atoms with Crippen molar-refractivity contribution in [3.8, 4) is 11.3 Å². The van der Waals surface area contributed by atoms with Crippen LogP contribution in [0, 0.1) is 5.82 Å². The summed E-state index contributed by atoms with van der Waals surface area (Å²) in [6.45, 7) is 3.43. The number of aromatic nitrogens is 3. The number of nitrogens with zero attached hydrogens (tertiary/aromatic N) is 5. The average Bonchev–Trinajstić information content (AvgIpc) is 3.31. The summed E-state index contributed by atoms with van der Waals surface area (Å²) in [4.78, 5) is 21.1. The number of piperazine rings is 1. The number of imidazole rings is 1. The molecule has 0 bridgehead atoms. The number of hydrogen-bond donors (Lipinski definition) is 1. The second kappa shape index (κ2) is 8.03. The van der Waals surface area contributed by atoms with E-state index in [1.807, 2.05) is 18.2 Å². The van der Waals surface area contributed by atoms with Gasteiger partial charge < -0.3 is 15.1 Å². The molecular weight excluding hydrogens is 435 g/mol. The summed E-state index contributed by atoms with van der Waals surface area (Å²) >= 11 is 6.23. The second-order valence-corrected chi connectivity index (χ2v) is 9.20. The quantitative estimate of drug-likeness (QED) is 0.482. The first-order valence-electron chi connectivity index (χ1n) is 9.81. The number of halogens is 1. The Morgan fingerprint density at radius 1 is 1.19 bits per heavy atom. The Hall–Kier alpha value is -2.82. The van der Waals surface area contributed by atoms with Gasteiger partial charge in [0.2, 0.25) is 0 Å². The first-order chi connectivity index (χ1) is 15.0. The van der Waals surface area contributed by atoms with Gasteiger partial charge in [-0.1, -0.05) is 30.0 Å². The van der Waals surface area contributed by atoms with Crippen molar-refractivity contribution in [3.05, 3.63) is 52.9 Å². The molecule has 0 saturated carbocycles. The summed E-state index contributed by atoms with van der Waals surface area (Å²) in [6, 6.07) is 8.84. The van der Waals surface area contributed by atoms with Crippen LogP contribution in [0.3, 0.4) is 0 Å². The van der Waals surface area contributed by atoms with Gasteiger partial charge in [-0.25, -0.2) is 13.9 Å². The number of thiocarbonyl (C=S) groups is 1. The zero-order valence-corrected chi connectivity index (χ0v) is 18.3. The number of carbonyl (C=O) groups is 1. The third-order valence-corrected chi connectivity index (χ3v) is 6.55. The number of likely N-dealkylation sites (N-methyl/N-ethyl adjacent to an activating group) is 1. The highest BCUT2D eigenvalue weighted by molar-refractivity contribution is 8.26. The second-order valence-electron chi connectivity index (χ2n) is 7.48. The third-order valence-electron chi connectivity index (χ3n) is 5.39. The van der Waals surface area contributed by atoms with E-state index in [0.29, 0.717) is 37.5 Å². The van der Waals surface area contributed by atoms with Gasteiger partial charge in [-0.05, 0) is 37.4 Å². The molecule has 4 heterocycles. The van der Waals surface area contributed by atoms with Crippen LogP contribution < -0.4 is 10.2 Å². The molecule has 0 spiro atoms. The molecular formula is C21H19FN6OS2. The summed E-state index contributed by atoms with van der Waals surface area (Å²) in [5.74, 6) is -0.493. The van der Waals surface area contributed by atoms with Gasteiger partial charge >= 0.3 is 0 Å². The minimum Gasteiger partial charge on any atom is -0.367 e. The molecule has 5 rings (SSSR count). The van der Waals surface area contributed by atoms with Crippen LogP contribution in [-0.2, 0) is 4.79 Å². The van der Waals surface area contributed by atoms with E-state index in [2.05, 4.69) is 32.2 Å². The Kier molecular flexibility index (Phi) is 5.20. The molecule has 1 aromatic carbocycles. The molecule has 7 nitrogen and oxygen atoms in total. The Labute approximate surface area is 187 Å². The van der Waals surface area contributed by atoms with E-state index < -0.39 is 0 Å². The SMILES string of the molecule is CN1CCN(c2ccc(-c3cnc4ccc(C=C5SC(=S)NC5=O)nn34)cc2F)CC1. The summed E-state index contributed by atoms with van der Waals surface area (Å²) in [5.41, 5.74) is 3.21. The molecule has 3 aromatic rings. The first kappa shape index (κ1) is 20.1. The number of amides is 1. The molecule has 0 unspecified atom stereocenters. The first-order valence-corrected chi connectivity index (χ1v) is 11.0. The Morgan fingerprint density at radius 2 is 2.00 bits per heavy atom. The lowest BCUT2D eigenvalue weighted by atomic mass is 10.1. The van der Waals surface area contributed by atoms with Crippen LogP contribution in [0.2, 0.25) is 0 Å². The van der Waals surface area contributed by atoms with Crippen molar-refractivity contribution in [3.63, 3.8) is 0 Å². The average molecular weight is 455 g/mol. The molecule has 2 aromatic heterocycles. The largest absolute Gasteiger partial charge is 0.367 e. The van der Waals surface area contributed by atoms with Gasteiger partial charge in [0, 0.05) is 31.7 Å². The normalized spacial score (nSPS) is 18.9. The van der Waals surface area contributed by atoms with Crippen molar-refractivity contribution in [2.24, 2.45) is 0 Å². The number of hydrogen-bond acceptors (Lipinski definition) is 7. The van der Waals surface area contributed by atoms with E-state index in [1.54, 1.807) is 22.9 Å². The monoisotopic (exact) mass is 454 g/mol. The lowest BCUT2D eigenvalue weighted by Crippen LogP contribution is -2.44. The number of nitrogens with one attached hydrogen (secondary N) is 1. The molecule has 31 heavy (non-hydrogen) atoms. The molecule has 2 fully saturated rings. The number of rotatable bonds is 3. The number of benzene rings is 1. The maximum absolute atomic E-state index is 15.0. The molecule has 0 atom stereocenters. The van der Waals surface area contributed by atoms with Gasteiger partial charge in [-0.3, -0.25) is 4.79 Å². The Bertz CT molecular complexity index is 1230. The van der Waals surface area contributed by atoms with Crippen LogP contribution in [0.15, 0.2) is 41.4 Å². The van der Waals surface area contributed by atoms with E-state index in [9.17, 15) is 9.18 Å².